The van der Waals surface area contributed by atoms with Crippen LogP contribution in [0.1, 0.15) is 60.9 Å². The molecule has 2 aliphatic heterocycles. The summed E-state index contributed by atoms with van der Waals surface area (Å²) < 4.78 is 6.04. The fourth-order valence-electron chi connectivity index (χ4n) is 5.60. The summed E-state index contributed by atoms with van der Waals surface area (Å²) in [5, 5.41) is 9.45. The van der Waals surface area contributed by atoms with Crippen molar-refractivity contribution in [1.82, 2.24) is 9.88 Å². The van der Waals surface area contributed by atoms with E-state index < -0.39 is 5.97 Å². The van der Waals surface area contributed by atoms with Crippen LogP contribution >= 0.6 is 0 Å². The van der Waals surface area contributed by atoms with Crippen molar-refractivity contribution in [3.8, 4) is 5.88 Å². The zero-order valence-corrected chi connectivity index (χ0v) is 20.6. The molecule has 8 nitrogen and oxygen atoms in total. The highest BCUT2D eigenvalue weighted by Crippen LogP contribution is 2.38. The molecule has 1 aliphatic carbocycles. The van der Waals surface area contributed by atoms with Gasteiger partial charge in [0.05, 0.1) is 11.6 Å². The quantitative estimate of drug-likeness (QED) is 0.622. The van der Waals surface area contributed by atoms with Crippen LogP contribution in [0.4, 0.5) is 5.69 Å². The van der Waals surface area contributed by atoms with Gasteiger partial charge in [0, 0.05) is 42.4 Å². The molecule has 36 heavy (non-hydrogen) atoms. The number of nitrogens with zero attached hydrogens (tertiary/aromatic N) is 4. The molecule has 0 unspecified atom stereocenters. The molecule has 2 aromatic rings. The van der Waals surface area contributed by atoms with Crippen molar-refractivity contribution >= 4 is 23.4 Å². The summed E-state index contributed by atoms with van der Waals surface area (Å²) in [7, 11) is 0. The molecule has 2 fully saturated rings. The van der Waals surface area contributed by atoms with Crippen LogP contribution < -0.4 is 9.64 Å². The number of ether oxygens (including phenoxy) is 1. The van der Waals surface area contributed by atoms with E-state index in [1.807, 2.05) is 30.5 Å². The second-order valence-electron chi connectivity index (χ2n) is 9.99. The van der Waals surface area contributed by atoms with Crippen molar-refractivity contribution < 1.29 is 19.4 Å². The Labute approximate surface area is 212 Å². The number of pyridine rings is 1. The van der Waals surface area contributed by atoms with Gasteiger partial charge in [-0.2, -0.15) is 4.99 Å². The van der Waals surface area contributed by atoms with Gasteiger partial charge in [0.25, 0.3) is 5.91 Å². The average Bonchev–Trinajstić information content (AvgIpc) is 3.27. The first-order valence-electron chi connectivity index (χ1n) is 13.1. The van der Waals surface area contributed by atoms with Crippen LogP contribution in [0.2, 0.25) is 0 Å². The number of anilines is 1. The third-order valence-corrected chi connectivity index (χ3v) is 7.59. The maximum atomic E-state index is 12.9. The highest BCUT2D eigenvalue weighted by atomic mass is 16.5. The Hall–Kier alpha value is -3.26. The van der Waals surface area contributed by atoms with E-state index in [9.17, 15) is 14.7 Å². The van der Waals surface area contributed by atoms with Gasteiger partial charge in [-0.05, 0) is 63.7 Å². The zero-order chi connectivity index (χ0) is 24.9. The van der Waals surface area contributed by atoms with Gasteiger partial charge in [-0.25, -0.2) is 4.98 Å². The molecule has 0 atom stereocenters. The lowest BCUT2D eigenvalue weighted by atomic mass is 9.85. The van der Waals surface area contributed by atoms with Crippen molar-refractivity contribution in [3.63, 3.8) is 0 Å². The number of carboxylic acids is 1. The van der Waals surface area contributed by atoms with E-state index >= 15 is 0 Å². The molecule has 3 aliphatic rings. The number of aliphatic carboxylic acids is 1. The highest BCUT2D eigenvalue weighted by Gasteiger charge is 2.36. The van der Waals surface area contributed by atoms with Gasteiger partial charge in [0.2, 0.25) is 5.88 Å². The van der Waals surface area contributed by atoms with E-state index in [-0.39, 0.29) is 17.9 Å². The number of piperidine rings is 1. The number of amidine groups is 1. The first-order chi connectivity index (χ1) is 17.6. The molecule has 0 spiro atoms. The van der Waals surface area contributed by atoms with Gasteiger partial charge in [-0.15, -0.1) is 0 Å². The average molecular weight is 491 g/mol. The molecule has 1 N–H and O–H groups in total. The van der Waals surface area contributed by atoms with Crippen LogP contribution in [0.5, 0.6) is 5.88 Å². The molecule has 1 saturated heterocycles. The van der Waals surface area contributed by atoms with Crippen molar-refractivity contribution in [2.24, 2.45) is 10.9 Å². The van der Waals surface area contributed by atoms with Crippen LogP contribution in [0.15, 0.2) is 47.6 Å². The number of carboxylic acid groups (broad SMARTS) is 1. The number of hydrogen-bond donors (Lipinski definition) is 1. The number of carbonyl (C=O) groups is 2. The molecule has 5 rings (SSSR count). The Morgan fingerprint density at radius 2 is 1.81 bits per heavy atom. The number of likely N-dealkylation sites (tertiary alicyclic amines) is 1. The largest absolute Gasteiger partial charge is 0.481 e. The molecule has 1 aromatic heterocycles. The monoisotopic (exact) mass is 490 g/mol. The van der Waals surface area contributed by atoms with E-state index in [1.165, 1.54) is 19.3 Å². The number of amides is 1. The molecule has 190 valence electrons. The Morgan fingerprint density at radius 1 is 1.06 bits per heavy atom. The minimum atomic E-state index is -0.725. The standard InChI is InChI=1S/C28H34N4O4/c33-27(20-7-3-1-4-8-20)30-25-17-22-19-29-26(36-16-15-31-13-5-2-6-14-31)18-24(22)32(25)23-11-9-21(10-12-23)28(34)35/h1,3-4,7-8,18-19,21,23H,2,5-6,9-17H2,(H,34,35). The first-order valence-corrected chi connectivity index (χ1v) is 13.1. The predicted octanol–water partition coefficient (Wildman–Crippen LogP) is 4.19. The van der Waals surface area contributed by atoms with Crippen LogP contribution in [0.3, 0.4) is 0 Å². The number of hydrogen-bond acceptors (Lipinski definition) is 5. The van der Waals surface area contributed by atoms with Gasteiger partial charge in [-0.1, -0.05) is 24.6 Å². The second-order valence-corrected chi connectivity index (χ2v) is 9.99. The SMILES string of the molecule is O=C(N=C1Cc2cnc(OCCN3CCCCC3)cc2N1C1CCC(C(=O)O)CC1)c1ccccc1. The minimum Gasteiger partial charge on any atom is -0.481 e. The highest BCUT2D eigenvalue weighted by molar-refractivity contribution is 6.12. The van der Waals surface area contributed by atoms with Crippen molar-refractivity contribution in [1.29, 1.82) is 0 Å². The number of carbonyl (C=O) groups excluding carboxylic acids is 1. The van der Waals surface area contributed by atoms with Crippen LogP contribution in [-0.2, 0) is 11.2 Å². The van der Waals surface area contributed by atoms with Gasteiger partial charge < -0.3 is 14.7 Å². The molecule has 1 saturated carbocycles. The molecule has 3 heterocycles. The maximum Gasteiger partial charge on any atom is 0.306 e. The summed E-state index contributed by atoms with van der Waals surface area (Å²) in [5.74, 6) is -0.0260. The Kier molecular flexibility index (Phi) is 7.60. The summed E-state index contributed by atoms with van der Waals surface area (Å²) in [4.78, 5) is 38.1. The Balaban J connectivity index is 1.35. The molecule has 8 heteroatoms. The molecular formula is C28H34N4O4. The normalized spacial score (nSPS) is 23.4. The summed E-state index contributed by atoms with van der Waals surface area (Å²) in [6, 6.07) is 11.1. The number of rotatable bonds is 7. The smallest absolute Gasteiger partial charge is 0.306 e. The summed E-state index contributed by atoms with van der Waals surface area (Å²) in [5.41, 5.74) is 2.53. The van der Waals surface area contributed by atoms with E-state index in [0.717, 1.165) is 43.7 Å². The molecule has 1 amide bonds. The van der Waals surface area contributed by atoms with Gasteiger partial charge in [0.15, 0.2) is 0 Å². The third kappa shape index (κ3) is 5.59. The number of benzene rings is 1. The lowest BCUT2D eigenvalue weighted by molar-refractivity contribution is -0.142. The van der Waals surface area contributed by atoms with E-state index in [1.54, 1.807) is 12.1 Å². The Bertz CT molecular complexity index is 1110. The Morgan fingerprint density at radius 3 is 2.53 bits per heavy atom. The van der Waals surface area contributed by atoms with Crippen LogP contribution in [0.25, 0.3) is 0 Å². The first kappa shape index (κ1) is 24.4. The van der Waals surface area contributed by atoms with Crippen molar-refractivity contribution in [2.75, 3.05) is 31.1 Å². The topological polar surface area (TPSA) is 95.3 Å². The summed E-state index contributed by atoms with van der Waals surface area (Å²) in [6.45, 7) is 3.73. The molecular weight excluding hydrogens is 456 g/mol. The lowest BCUT2D eigenvalue weighted by Crippen LogP contribution is -2.41. The molecule has 0 bridgehead atoms. The number of aliphatic imine (C=N–C) groups is 1. The summed E-state index contributed by atoms with van der Waals surface area (Å²) >= 11 is 0. The second kappa shape index (κ2) is 11.2. The molecule has 0 radical (unpaired) electrons. The van der Waals surface area contributed by atoms with Crippen molar-refractivity contribution in [3.05, 3.63) is 53.7 Å². The zero-order valence-electron chi connectivity index (χ0n) is 20.6. The summed E-state index contributed by atoms with van der Waals surface area (Å²) in [6.07, 6.45) is 8.88. The van der Waals surface area contributed by atoms with E-state index in [2.05, 4.69) is 19.8 Å². The van der Waals surface area contributed by atoms with Gasteiger partial charge in [0.1, 0.15) is 12.4 Å². The van der Waals surface area contributed by atoms with Gasteiger partial charge >= 0.3 is 5.97 Å². The van der Waals surface area contributed by atoms with Crippen molar-refractivity contribution in [2.45, 2.75) is 57.4 Å². The number of aromatic nitrogens is 1. The van der Waals surface area contributed by atoms with Crippen LogP contribution in [0, 0.1) is 5.92 Å². The lowest BCUT2D eigenvalue weighted by Gasteiger charge is -2.35. The van der Waals surface area contributed by atoms with E-state index in [4.69, 9.17) is 4.74 Å². The van der Waals surface area contributed by atoms with E-state index in [0.29, 0.717) is 43.1 Å². The fourth-order valence-corrected chi connectivity index (χ4v) is 5.60. The molecule has 1 aromatic carbocycles. The number of fused-ring (bicyclic) bond motifs is 1. The fraction of sp³-hybridized carbons (Fsp3) is 0.500. The van der Waals surface area contributed by atoms with Gasteiger partial charge in [-0.3, -0.25) is 14.5 Å². The predicted molar refractivity (Wildman–Crippen MR) is 138 cm³/mol. The van der Waals surface area contributed by atoms with Crippen LogP contribution in [-0.4, -0.2) is 65.0 Å². The third-order valence-electron chi connectivity index (χ3n) is 7.59. The maximum absolute atomic E-state index is 12.9. The minimum absolute atomic E-state index is 0.0905.